The van der Waals surface area contributed by atoms with Gasteiger partial charge in [0.15, 0.2) is 5.50 Å². The van der Waals surface area contributed by atoms with Gasteiger partial charge >= 0.3 is 0 Å². The molecule has 1 fully saturated rings. The second-order valence-electron chi connectivity index (χ2n) is 7.03. The van der Waals surface area contributed by atoms with Crippen molar-refractivity contribution in [2.45, 2.75) is 19.0 Å². The Bertz CT molecular complexity index is 1130. The van der Waals surface area contributed by atoms with Gasteiger partial charge in [-0.25, -0.2) is 0 Å². The number of hydrogen-bond acceptors (Lipinski definition) is 4. The molecule has 1 amide bonds. The number of benzene rings is 3. The molecule has 1 saturated heterocycles. The number of aryl methyl sites for hydroxylation is 1. The average Bonchev–Trinajstić information content (AvgIpc) is 3.10. The lowest BCUT2D eigenvalue weighted by atomic mass is 10.2. The number of carbonyl (C=O) groups excluding carboxylic acids is 1. The molecule has 1 heterocycles. The smallest absolute Gasteiger partial charge is 0.260 e. The van der Waals surface area contributed by atoms with Gasteiger partial charge in [-0.1, -0.05) is 71.4 Å². The minimum absolute atomic E-state index is 0.110. The monoisotopic (exact) mass is 470 g/mol. The molecule has 0 spiro atoms. The zero-order valence-corrected chi connectivity index (χ0v) is 19.0. The molecule has 1 atom stereocenters. The fraction of sp³-hybridized carbons (Fsp3) is 0.125. The highest BCUT2D eigenvalue weighted by atomic mass is 35.5. The topological polar surface area (TPSA) is 50.4 Å². The van der Waals surface area contributed by atoms with Crippen LogP contribution in [0.15, 0.2) is 71.6 Å². The van der Waals surface area contributed by atoms with Crippen molar-refractivity contribution in [3.8, 4) is 5.75 Å². The van der Waals surface area contributed by atoms with Crippen molar-refractivity contribution in [3.05, 3.63) is 98.4 Å². The van der Waals surface area contributed by atoms with E-state index in [-0.39, 0.29) is 11.4 Å². The first-order valence-corrected chi connectivity index (χ1v) is 11.3. The lowest BCUT2D eigenvalue weighted by Gasteiger charge is -2.15. The van der Waals surface area contributed by atoms with Crippen molar-refractivity contribution in [1.82, 2.24) is 5.32 Å². The molecule has 0 aliphatic carbocycles. The highest BCUT2D eigenvalue weighted by molar-refractivity contribution is 8.05. The van der Waals surface area contributed by atoms with Crippen LogP contribution in [0.25, 0.3) is 6.08 Å². The summed E-state index contributed by atoms with van der Waals surface area (Å²) in [6.07, 6.45) is 1.87. The van der Waals surface area contributed by atoms with Crippen molar-refractivity contribution in [2.75, 3.05) is 5.32 Å². The van der Waals surface area contributed by atoms with E-state index in [9.17, 15) is 4.79 Å². The SMILES string of the molecule is Cc1ccc(Cl)cc1NC1NC(=O)/C(=C/c2ccc(OCc3ccccc3Cl)cc2)S1. The number of halogens is 2. The van der Waals surface area contributed by atoms with Crippen LogP contribution in [0.2, 0.25) is 10.0 Å². The van der Waals surface area contributed by atoms with Gasteiger partial charge in [0.2, 0.25) is 0 Å². The Hall–Kier alpha value is -2.60. The van der Waals surface area contributed by atoms with E-state index in [1.807, 2.05) is 79.7 Å². The maximum absolute atomic E-state index is 12.4. The summed E-state index contributed by atoms with van der Waals surface area (Å²) in [5.41, 5.74) is 3.55. The summed E-state index contributed by atoms with van der Waals surface area (Å²) in [5.74, 6) is 0.628. The number of nitrogens with one attached hydrogen (secondary N) is 2. The van der Waals surface area contributed by atoms with Gasteiger partial charge in [-0.2, -0.15) is 0 Å². The molecule has 0 radical (unpaired) electrons. The highest BCUT2D eigenvalue weighted by Gasteiger charge is 2.27. The summed E-state index contributed by atoms with van der Waals surface area (Å²) < 4.78 is 5.81. The van der Waals surface area contributed by atoms with Crippen molar-refractivity contribution < 1.29 is 9.53 Å². The number of carbonyl (C=O) groups is 1. The normalized spacial score (nSPS) is 16.9. The van der Waals surface area contributed by atoms with E-state index in [0.29, 0.717) is 21.6 Å². The third-order valence-electron chi connectivity index (χ3n) is 4.75. The predicted molar refractivity (Wildman–Crippen MR) is 130 cm³/mol. The third kappa shape index (κ3) is 5.56. The molecule has 3 aromatic rings. The van der Waals surface area contributed by atoms with Gasteiger partial charge in [-0.05, 0) is 54.5 Å². The van der Waals surface area contributed by atoms with Crippen LogP contribution in [-0.2, 0) is 11.4 Å². The fourth-order valence-corrected chi connectivity index (χ4v) is 4.38. The molecular weight excluding hydrogens is 451 g/mol. The third-order valence-corrected chi connectivity index (χ3v) is 6.38. The van der Waals surface area contributed by atoms with Crippen LogP contribution in [-0.4, -0.2) is 11.4 Å². The van der Waals surface area contributed by atoms with E-state index in [0.717, 1.165) is 28.1 Å². The number of anilines is 1. The van der Waals surface area contributed by atoms with E-state index in [1.165, 1.54) is 11.8 Å². The van der Waals surface area contributed by atoms with Crippen LogP contribution >= 0.6 is 35.0 Å². The van der Waals surface area contributed by atoms with Gasteiger partial charge in [-0.3, -0.25) is 4.79 Å². The fourth-order valence-electron chi connectivity index (χ4n) is 3.04. The lowest BCUT2D eigenvalue weighted by Crippen LogP contribution is -2.31. The number of thioether (sulfide) groups is 1. The molecule has 3 aromatic carbocycles. The molecular formula is C24H20Cl2N2O2S. The highest BCUT2D eigenvalue weighted by Crippen LogP contribution is 2.32. The maximum atomic E-state index is 12.4. The van der Waals surface area contributed by atoms with E-state index >= 15 is 0 Å². The van der Waals surface area contributed by atoms with E-state index in [4.69, 9.17) is 27.9 Å². The minimum Gasteiger partial charge on any atom is -0.489 e. The first kappa shape index (κ1) is 21.6. The molecule has 1 aliphatic rings. The zero-order chi connectivity index (χ0) is 21.8. The maximum Gasteiger partial charge on any atom is 0.260 e. The molecule has 7 heteroatoms. The number of rotatable bonds is 6. The summed E-state index contributed by atoms with van der Waals surface area (Å²) in [6, 6.07) is 20.8. The summed E-state index contributed by atoms with van der Waals surface area (Å²) in [6.45, 7) is 2.39. The summed E-state index contributed by atoms with van der Waals surface area (Å²) in [7, 11) is 0. The largest absolute Gasteiger partial charge is 0.489 e. The molecule has 1 aliphatic heterocycles. The molecule has 158 valence electrons. The first-order valence-electron chi connectivity index (χ1n) is 9.66. The Morgan fingerprint density at radius 1 is 1.10 bits per heavy atom. The van der Waals surface area contributed by atoms with Crippen LogP contribution in [0.1, 0.15) is 16.7 Å². The lowest BCUT2D eigenvalue weighted by molar-refractivity contribution is -0.116. The van der Waals surface area contributed by atoms with E-state index in [2.05, 4.69) is 10.6 Å². The second kappa shape index (κ2) is 9.69. The quantitative estimate of drug-likeness (QED) is 0.404. The van der Waals surface area contributed by atoms with Crippen LogP contribution in [0.5, 0.6) is 5.75 Å². The van der Waals surface area contributed by atoms with Crippen LogP contribution in [0.3, 0.4) is 0 Å². The van der Waals surface area contributed by atoms with Gasteiger partial charge < -0.3 is 15.4 Å². The van der Waals surface area contributed by atoms with Gasteiger partial charge in [0.05, 0.1) is 4.91 Å². The number of amides is 1. The molecule has 2 N–H and O–H groups in total. The minimum atomic E-state index is -0.255. The van der Waals surface area contributed by atoms with Crippen molar-refractivity contribution in [2.24, 2.45) is 0 Å². The van der Waals surface area contributed by atoms with Gasteiger partial charge in [0, 0.05) is 21.3 Å². The van der Waals surface area contributed by atoms with Crippen molar-refractivity contribution in [3.63, 3.8) is 0 Å². The van der Waals surface area contributed by atoms with Crippen molar-refractivity contribution in [1.29, 1.82) is 0 Å². The average molecular weight is 471 g/mol. The summed E-state index contributed by atoms with van der Waals surface area (Å²) in [4.78, 5) is 13.0. The molecule has 31 heavy (non-hydrogen) atoms. The van der Waals surface area contributed by atoms with Crippen molar-refractivity contribution >= 4 is 52.6 Å². The van der Waals surface area contributed by atoms with Gasteiger partial charge in [0.1, 0.15) is 12.4 Å². The number of hydrogen-bond donors (Lipinski definition) is 2. The Morgan fingerprint density at radius 3 is 2.65 bits per heavy atom. The van der Waals surface area contributed by atoms with Gasteiger partial charge in [-0.15, -0.1) is 0 Å². The van der Waals surface area contributed by atoms with E-state index in [1.54, 1.807) is 0 Å². The molecule has 4 nitrogen and oxygen atoms in total. The van der Waals surface area contributed by atoms with Gasteiger partial charge in [0.25, 0.3) is 5.91 Å². The van der Waals surface area contributed by atoms with Crippen LogP contribution in [0.4, 0.5) is 5.69 Å². The number of ether oxygens (including phenoxy) is 1. The Kier molecular flexibility index (Phi) is 6.76. The summed E-state index contributed by atoms with van der Waals surface area (Å²) >= 11 is 13.7. The second-order valence-corrected chi connectivity index (χ2v) is 9.02. The Morgan fingerprint density at radius 2 is 1.87 bits per heavy atom. The molecule has 0 bridgehead atoms. The first-order chi connectivity index (χ1) is 15.0. The summed E-state index contributed by atoms with van der Waals surface area (Å²) in [5, 5.41) is 7.59. The molecule has 0 saturated carbocycles. The van der Waals surface area contributed by atoms with Crippen LogP contribution < -0.4 is 15.4 Å². The molecule has 0 aromatic heterocycles. The van der Waals surface area contributed by atoms with Crippen LogP contribution in [0, 0.1) is 6.92 Å². The van der Waals surface area contributed by atoms with E-state index < -0.39 is 0 Å². The predicted octanol–water partition coefficient (Wildman–Crippen LogP) is 6.48. The molecule has 4 rings (SSSR count). The zero-order valence-electron chi connectivity index (χ0n) is 16.7. The Labute approximate surface area is 195 Å². The Balaban J connectivity index is 1.38. The standard InChI is InChI=1S/C24H20Cl2N2O2S/c1-15-6-9-18(25)13-21(15)27-24-28-23(29)22(31-24)12-16-7-10-19(11-8-16)30-14-17-4-2-3-5-20(17)26/h2-13,24,27H,14H2,1H3,(H,28,29)/b22-12-. The molecule has 1 unspecified atom stereocenters.